The minimum absolute atomic E-state index is 0.531. The van der Waals surface area contributed by atoms with Crippen molar-refractivity contribution in [3.05, 3.63) is 42.1 Å². The molecule has 92 valence electrons. The van der Waals surface area contributed by atoms with Gasteiger partial charge in [0, 0.05) is 12.0 Å². The predicted molar refractivity (Wildman–Crippen MR) is 68.7 cm³/mol. The summed E-state index contributed by atoms with van der Waals surface area (Å²) in [7, 11) is 0. The number of nitrogens with zero attached hydrogens (tertiary/aromatic N) is 2. The van der Waals surface area contributed by atoms with Crippen molar-refractivity contribution in [2.75, 3.05) is 5.32 Å². The molecule has 1 aromatic heterocycles. The van der Waals surface area contributed by atoms with E-state index in [2.05, 4.69) is 10.4 Å². The molecule has 0 saturated heterocycles. The lowest BCUT2D eigenvalue weighted by atomic mass is 10.3. The summed E-state index contributed by atoms with van der Waals surface area (Å²) in [6.07, 6.45) is 2.34. The number of urea groups is 1. The summed E-state index contributed by atoms with van der Waals surface area (Å²) in [5.74, 6) is 1.15. The number of hydrogen-bond donors (Lipinski definition) is 2. The Balaban J connectivity index is 2.02. The zero-order valence-electron chi connectivity index (χ0n) is 9.84. The lowest BCUT2D eigenvalue weighted by Crippen LogP contribution is -2.21. The van der Waals surface area contributed by atoms with Gasteiger partial charge in [-0.05, 0) is 25.0 Å². The molecule has 0 spiro atoms. The number of benzene rings is 1. The van der Waals surface area contributed by atoms with Crippen LogP contribution >= 0.6 is 0 Å². The third-order valence-electron chi connectivity index (χ3n) is 2.98. The van der Waals surface area contributed by atoms with Crippen LogP contribution in [-0.2, 0) is 0 Å². The van der Waals surface area contributed by atoms with Crippen LogP contribution in [-0.4, -0.2) is 15.8 Å². The number of amides is 2. The molecular formula is C13H14N4O. The molecule has 5 nitrogen and oxygen atoms in total. The molecule has 1 aliphatic rings. The number of nitrogens with one attached hydrogen (secondary N) is 1. The normalized spacial score (nSPS) is 14.4. The van der Waals surface area contributed by atoms with E-state index in [4.69, 9.17) is 5.73 Å². The smallest absolute Gasteiger partial charge is 0.317 e. The van der Waals surface area contributed by atoms with Crippen LogP contribution in [0, 0.1) is 0 Å². The summed E-state index contributed by atoms with van der Waals surface area (Å²) in [5.41, 5.74) is 7.11. The van der Waals surface area contributed by atoms with Gasteiger partial charge in [0.15, 0.2) is 0 Å². The van der Waals surface area contributed by atoms with E-state index in [1.54, 1.807) is 4.68 Å². The van der Waals surface area contributed by atoms with Crippen LogP contribution in [0.25, 0.3) is 5.69 Å². The highest BCUT2D eigenvalue weighted by Gasteiger charge is 2.27. The van der Waals surface area contributed by atoms with Gasteiger partial charge in [-0.1, -0.05) is 18.2 Å². The predicted octanol–water partition coefficient (Wildman–Crippen LogP) is 2.24. The molecule has 18 heavy (non-hydrogen) atoms. The van der Waals surface area contributed by atoms with Crippen LogP contribution in [0.1, 0.15) is 24.5 Å². The highest BCUT2D eigenvalue weighted by Crippen LogP contribution is 2.40. The third kappa shape index (κ3) is 2.07. The summed E-state index contributed by atoms with van der Waals surface area (Å²) < 4.78 is 1.72. The number of primary amides is 1. The van der Waals surface area contributed by atoms with Gasteiger partial charge in [0.2, 0.25) is 0 Å². The lowest BCUT2D eigenvalue weighted by molar-refractivity contribution is 0.259. The first-order chi connectivity index (χ1) is 8.74. The van der Waals surface area contributed by atoms with Gasteiger partial charge in [0.05, 0.1) is 11.4 Å². The lowest BCUT2D eigenvalue weighted by Gasteiger charge is -2.06. The van der Waals surface area contributed by atoms with E-state index in [1.165, 1.54) is 12.8 Å². The van der Waals surface area contributed by atoms with Crippen molar-refractivity contribution in [2.45, 2.75) is 18.8 Å². The highest BCUT2D eigenvalue weighted by atomic mass is 16.2. The van der Waals surface area contributed by atoms with E-state index < -0.39 is 6.03 Å². The maximum atomic E-state index is 11.0. The molecule has 1 fully saturated rings. The SMILES string of the molecule is NC(=O)Nc1cc(C2CC2)nn1-c1ccccc1. The fourth-order valence-electron chi connectivity index (χ4n) is 1.96. The number of nitrogens with two attached hydrogens (primary N) is 1. The molecule has 1 saturated carbocycles. The average molecular weight is 242 g/mol. The maximum absolute atomic E-state index is 11.0. The number of carbonyl (C=O) groups is 1. The van der Waals surface area contributed by atoms with Crippen LogP contribution in [0.4, 0.5) is 10.6 Å². The van der Waals surface area contributed by atoms with Crippen LogP contribution in [0.5, 0.6) is 0 Å². The van der Waals surface area contributed by atoms with Gasteiger partial charge in [-0.3, -0.25) is 5.32 Å². The molecule has 0 aliphatic heterocycles. The van der Waals surface area contributed by atoms with Gasteiger partial charge < -0.3 is 5.73 Å². The van der Waals surface area contributed by atoms with Crippen molar-refractivity contribution < 1.29 is 4.79 Å². The second-order valence-electron chi connectivity index (χ2n) is 4.47. The van der Waals surface area contributed by atoms with Crippen molar-refractivity contribution >= 4 is 11.8 Å². The van der Waals surface area contributed by atoms with E-state index in [-0.39, 0.29) is 0 Å². The monoisotopic (exact) mass is 242 g/mol. The molecule has 3 N–H and O–H groups in total. The Hall–Kier alpha value is -2.30. The Labute approximate surface area is 105 Å². The van der Waals surface area contributed by atoms with Gasteiger partial charge in [0.1, 0.15) is 5.82 Å². The fourth-order valence-corrected chi connectivity index (χ4v) is 1.96. The number of carbonyl (C=O) groups excluding carboxylic acids is 1. The second kappa shape index (κ2) is 4.18. The molecule has 0 unspecified atom stereocenters. The first kappa shape index (κ1) is 10.8. The number of hydrogen-bond acceptors (Lipinski definition) is 2. The van der Waals surface area contributed by atoms with Gasteiger partial charge in [-0.25, -0.2) is 9.48 Å². The maximum Gasteiger partial charge on any atom is 0.317 e. The van der Waals surface area contributed by atoms with E-state index in [0.717, 1.165) is 11.4 Å². The molecule has 3 rings (SSSR count). The Morgan fingerprint density at radius 2 is 2.06 bits per heavy atom. The van der Waals surface area contributed by atoms with E-state index in [1.807, 2.05) is 36.4 Å². The summed E-state index contributed by atoms with van der Waals surface area (Å²) in [5, 5.41) is 7.16. The minimum atomic E-state index is -0.575. The first-order valence-corrected chi connectivity index (χ1v) is 5.96. The number of para-hydroxylation sites is 1. The van der Waals surface area contributed by atoms with Gasteiger partial charge in [0.25, 0.3) is 0 Å². The highest BCUT2D eigenvalue weighted by molar-refractivity contribution is 5.87. The molecule has 0 radical (unpaired) electrons. The minimum Gasteiger partial charge on any atom is -0.351 e. The summed E-state index contributed by atoms with van der Waals surface area (Å²) in [4.78, 5) is 11.0. The van der Waals surface area contributed by atoms with Crippen molar-refractivity contribution in [3.63, 3.8) is 0 Å². The van der Waals surface area contributed by atoms with Crippen molar-refractivity contribution in [1.82, 2.24) is 9.78 Å². The first-order valence-electron chi connectivity index (χ1n) is 5.96. The Bertz CT molecular complexity index is 572. The quantitative estimate of drug-likeness (QED) is 0.866. The standard InChI is InChI=1S/C13H14N4O/c14-13(18)15-12-8-11(9-6-7-9)16-17(12)10-4-2-1-3-5-10/h1-5,8-9H,6-7H2,(H3,14,15,18). The van der Waals surface area contributed by atoms with Gasteiger partial charge >= 0.3 is 6.03 Å². The Morgan fingerprint density at radius 1 is 1.33 bits per heavy atom. The van der Waals surface area contributed by atoms with Crippen LogP contribution in [0.2, 0.25) is 0 Å². The van der Waals surface area contributed by atoms with Crippen molar-refractivity contribution in [3.8, 4) is 5.69 Å². The molecular weight excluding hydrogens is 228 g/mol. The molecule has 5 heteroatoms. The molecule has 1 heterocycles. The molecule has 0 bridgehead atoms. The van der Waals surface area contributed by atoms with Crippen molar-refractivity contribution in [2.24, 2.45) is 5.73 Å². The Kier molecular flexibility index (Phi) is 2.51. The van der Waals surface area contributed by atoms with Crippen LogP contribution in [0.15, 0.2) is 36.4 Å². The average Bonchev–Trinajstić information content (AvgIpc) is 3.12. The van der Waals surface area contributed by atoms with Gasteiger partial charge in [-0.15, -0.1) is 0 Å². The van der Waals surface area contributed by atoms with E-state index in [0.29, 0.717) is 11.7 Å². The zero-order valence-corrected chi connectivity index (χ0v) is 9.84. The van der Waals surface area contributed by atoms with E-state index >= 15 is 0 Å². The van der Waals surface area contributed by atoms with Crippen LogP contribution < -0.4 is 11.1 Å². The summed E-state index contributed by atoms with van der Waals surface area (Å²) in [6, 6.07) is 11.0. The summed E-state index contributed by atoms with van der Waals surface area (Å²) in [6.45, 7) is 0. The number of aromatic nitrogens is 2. The molecule has 1 aromatic carbocycles. The fraction of sp³-hybridized carbons (Fsp3) is 0.231. The third-order valence-corrected chi connectivity index (χ3v) is 2.98. The molecule has 2 aromatic rings. The molecule has 2 amide bonds. The number of anilines is 1. The molecule has 0 atom stereocenters. The van der Waals surface area contributed by atoms with Crippen LogP contribution in [0.3, 0.4) is 0 Å². The largest absolute Gasteiger partial charge is 0.351 e. The summed E-state index contributed by atoms with van der Waals surface area (Å²) >= 11 is 0. The Morgan fingerprint density at radius 3 is 2.67 bits per heavy atom. The van der Waals surface area contributed by atoms with Gasteiger partial charge in [-0.2, -0.15) is 5.10 Å². The zero-order chi connectivity index (χ0) is 12.5. The second-order valence-corrected chi connectivity index (χ2v) is 4.47. The van der Waals surface area contributed by atoms with Crippen molar-refractivity contribution in [1.29, 1.82) is 0 Å². The topological polar surface area (TPSA) is 72.9 Å². The molecule has 1 aliphatic carbocycles. The van der Waals surface area contributed by atoms with E-state index in [9.17, 15) is 4.79 Å². The number of rotatable bonds is 3.